The number of sulfonamides is 1. The molecule has 0 aromatic heterocycles. The second-order valence-corrected chi connectivity index (χ2v) is 8.50. The molecule has 2 atom stereocenters. The molecule has 1 aliphatic heterocycles. The summed E-state index contributed by atoms with van der Waals surface area (Å²) in [6.07, 6.45) is 2.15. The van der Waals surface area contributed by atoms with Crippen LogP contribution in [-0.4, -0.2) is 33.5 Å². The van der Waals surface area contributed by atoms with Gasteiger partial charge in [-0.1, -0.05) is 36.4 Å². The SMILES string of the molecule is CC(NS(=O)(=O)c1cccc(C(=O)NCC2CCCN2)c1)c1ccccc1.Cl. The topological polar surface area (TPSA) is 87.3 Å². The van der Waals surface area contributed by atoms with Crippen molar-refractivity contribution in [2.24, 2.45) is 0 Å². The Kier molecular flexibility index (Phi) is 8.00. The number of halogens is 1. The number of carbonyl (C=O) groups excluding carboxylic acids is 1. The molecule has 152 valence electrons. The van der Waals surface area contributed by atoms with Crippen LogP contribution in [0.3, 0.4) is 0 Å². The van der Waals surface area contributed by atoms with Crippen molar-refractivity contribution in [3.8, 4) is 0 Å². The van der Waals surface area contributed by atoms with Crippen LogP contribution in [0.25, 0.3) is 0 Å². The molecular weight excluding hydrogens is 398 g/mol. The molecule has 28 heavy (non-hydrogen) atoms. The minimum absolute atomic E-state index is 0. The second-order valence-electron chi connectivity index (χ2n) is 6.78. The third-order valence-electron chi connectivity index (χ3n) is 4.71. The first kappa shape index (κ1) is 22.4. The monoisotopic (exact) mass is 423 g/mol. The van der Waals surface area contributed by atoms with E-state index in [0.29, 0.717) is 12.1 Å². The van der Waals surface area contributed by atoms with E-state index in [9.17, 15) is 13.2 Å². The maximum atomic E-state index is 12.7. The average molecular weight is 424 g/mol. The molecule has 0 aliphatic carbocycles. The summed E-state index contributed by atoms with van der Waals surface area (Å²) in [6, 6.07) is 15.4. The molecule has 2 aromatic rings. The summed E-state index contributed by atoms with van der Waals surface area (Å²) in [6.45, 7) is 3.30. The van der Waals surface area contributed by atoms with E-state index in [-0.39, 0.29) is 35.3 Å². The Morgan fingerprint density at radius 2 is 1.93 bits per heavy atom. The summed E-state index contributed by atoms with van der Waals surface area (Å²) >= 11 is 0. The first-order chi connectivity index (χ1) is 13.0. The van der Waals surface area contributed by atoms with Crippen molar-refractivity contribution in [1.82, 2.24) is 15.4 Å². The summed E-state index contributed by atoms with van der Waals surface area (Å²) in [5.74, 6) is -0.267. The van der Waals surface area contributed by atoms with Crippen LogP contribution in [-0.2, 0) is 10.0 Å². The molecule has 0 spiro atoms. The first-order valence-electron chi connectivity index (χ1n) is 9.14. The molecule has 0 bridgehead atoms. The zero-order valence-corrected chi connectivity index (χ0v) is 17.4. The highest BCUT2D eigenvalue weighted by molar-refractivity contribution is 7.89. The number of amides is 1. The predicted octanol–water partition coefficient (Wildman–Crippen LogP) is 2.63. The second kappa shape index (κ2) is 10.0. The number of rotatable bonds is 7. The Morgan fingerprint density at radius 3 is 2.61 bits per heavy atom. The minimum Gasteiger partial charge on any atom is -0.350 e. The van der Waals surface area contributed by atoms with Gasteiger partial charge in [-0.15, -0.1) is 12.4 Å². The van der Waals surface area contributed by atoms with Gasteiger partial charge in [0.1, 0.15) is 0 Å². The van der Waals surface area contributed by atoms with Gasteiger partial charge in [0.25, 0.3) is 5.91 Å². The van der Waals surface area contributed by atoms with Crippen LogP contribution in [0.1, 0.15) is 41.7 Å². The van der Waals surface area contributed by atoms with E-state index >= 15 is 0 Å². The summed E-state index contributed by atoms with van der Waals surface area (Å²) < 4.78 is 28.1. The Morgan fingerprint density at radius 1 is 1.18 bits per heavy atom. The Hall–Kier alpha value is -1.93. The quantitative estimate of drug-likeness (QED) is 0.638. The van der Waals surface area contributed by atoms with E-state index in [1.165, 1.54) is 12.1 Å². The van der Waals surface area contributed by atoms with Gasteiger partial charge in [-0.3, -0.25) is 4.79 Å². The fourth-order valence-corrected chi connectivity index (χ4v) is 4.44. The molecule has 1 aliphatic rings. The summed E-state index contributed by atoms with van der Waals surface area (Å²) in [5.41, 5.74) is 1.21. The third-order valence-corrected chi connectivity index (χ3v) is 6.25. The number of hydrogen-bond donors (Lipinski definition) is 3. The smallest absolute Gasteiger partial charge is 0.251 e. The van der Waals surface area contributed by atoms with Crippen molar-refractivity contribution < 1.29 is 13.2 Å². The normalized spacial score (nSPS) is 17.5. The van der Waals surface area contributed by atoms with Crippen LogP contribution < -0.4 is 15.4 Å². The molecule has 1 amide bonds. The van der Waals surface area contributed by atoms with Crippen molar-refractivity contribution in [1.29, 1.82) is 0 Å². The van der Waals surface area contributed by atoms with Crippen LogP contribution in [0.15, 0.2) is 59.5 Å². The minimum atomic E-state index is -3.74. The van der Waals surface area contributed by atoms with Gasteiger partial charge in [-0.25, -0.2) is 13.1 Å². The standard InChI is InChI=1S/C20H25N3O3S.ClH/c1-15(16-7-3-2-4-8-16)23-27(25,26)19-11-5-9-17(13-19)20(24)22-14-18-10-6-12-21-18;/h2-5,7-9,11,13,15,18,21,23H,6,10,12,14H2,1H3,(H,22,24);1H. The van der Waals surface area contributed by atoms with E-state index in [1.807, 2.05) is 30.3 Å². The first-order valence-corrected chi connectivity index (χ1v) is 10.6. The van der Waals surface area contributed by atoms with E-state index in [4.69, 9.17) is 0 Å². The van der Waals surface area contributed by atoms with Gasteiger partial charge < -0.3 is 10.6 Å². The van der Waals surface area contributed by atoms with Gasteiger partial charge in [0.15, 0.2) is 0 Å². The van der Waals surface area contributed by atoms with Gasteiger partial charge in [-0.2, -0.15) is 0 Å². The molecule has 2 unspecified atom stereocenters. The van der Waals surface area contributed by atoms with Crippen LogP contribution in [0.4, 0.5) is 0 Å². The average Bonchev–Trinajstić information content (AvgIpc) is 3.20. The zero-order chi connectivity index (χ0) is 19.3. The van der Waals surface area contributed by atoms with E-state index in [0.717, 1.165) is 24.9 Å². The lowest BCUT2D eigenvalue weighted by Gasteiger charge is -2.15. The lowest BCUT2D eigenvalue weighted by molar-refractivity contribution is 0.0950. The van der Waals surface area contributed by atoms with Crippen LogP contribution in [0, 0.1) is 0 Å². The molecule has 3 rings (SSSR count). The Balaban J connectivity index is 0.00000280. The third kappa shape index (κ3) is 5.78. The molecule has 1 fully saturated rings. The molecule has 6 nitrogen and oxygen atoms in total. The number of benzene rings is 2. The molecule has 0 radical (unpaired) electrons. The number of nitrogens with one attached hydrogen (secondary N) is 3. The van der Waals surface area contributed by atoms with Crippen molar-refractivity contribution in [2.45, 2.75) is 36.7 Å². The predicted molar refractivity (Wildman–Crippen MR) is 112 cm³/mol. The van der Waals surface area contributed by atoms with E-state index < -0.39 is 10.0 Å². The van der Waals surface area contributed by atoms with Crippen LogP contribution in [0.5, 0.6) is 0 Å². The lowest BCUT2D eigenvalue weighted by Crippen LogP contribution is -2.37. The zero-order valence-electron chi connectivity index (χ0n) is 15.7. The highest BCUT2D eigenvalue weighted by Gasteiger charge is 2.20. The molecule has 8 heteroatoms. The molecular formula is C20H26ClN3O3S. The van der Waals surface area contributed by atoms with Gasteiger partial charge in [0.2, 0.25) is 10.0 Å². The van der Waals surface area contributed by atoms with Crippen molar-refractivity contribution >= 4 is 28.3 Å². The number of hydrogen-bond acceptors (Lipinski definition) is 4. The van der Waals surface area contributed by atoms with Crippen molar-refractivity contribution in [3.63, 3.8) is 0 Å². The highest BCUT2D eigenvalue weighted by Crippen LogP contribution is 2.17. The summed E-state index contributed by atoms with van der Waals surface area (Å²) in [5, 5.41) is 6.19. The fourth-order valence-electron chi connectivity index (χ4n) is 3.16. The summed E-state index contributed by atoms with van der Waals surface area (Å²) in [7, 11) is -3.74. The molecule has 1 saturated heterocycles. The number of carbonyl (C=O) groups is 1. The summed E-state index contributed by atoms with van der Waals surface area (Å²) in [4.78, 5) is 12.5. The van der Waals surface area contributed by atoms with Crippen LogP contribution in [0.2, 0.25) is 0 Å². The Bertz CT molecular complexity index is 885. The maximum Gasteiger partial charge on any atom is 0.251 e. The molecule has 2 aromatic carbocycles. The largest absolute Gasteiger partial charge is 0.350 e. The molecule has 1 heterocycles. The van der Waals surface area contributed by atoms with E-state index in [2.05, 4.69) is 15.4 Å². The van der Waals surface area contributed by atoms with E-state index in [1.54, 1.807) is 19.1 Å². The van der Waals surface area contributed by atoms with Crippen LogP contribution >= 0.6 is 12.4 Å². The maximum absolute atomic E-state index is 12.7. The van der Waals surface area contributed by atoms with Gasteiger partial charge in [-0.05, 0) is 50.1 Å². The lowest BCUT2D eigenvalue weighted by atomic mass is 10.1. The van der Waals surface area contributed by atoms with Gasteiger partial charge in [0, 0.05) is 24.2 Å². The molecule has 0 saturated carbocycles. The van der Waals surface area contributed by atoms with Crippen molar-refractivity contribution in [2.75, 3.05) is 13.1 Å². The van der Waals surface area contributed by atoms with Crippen molar-refractivity contribution in [3.05, 3.63) is 65.7 Å². The van der Waals surface area contributed by atoms with Gasteiger partial charge in [0.05, 0.1) is 4.90 Å². The Labute approximate surface area is 172 Å². The molecule has 3 N–H and O–H groups in total. The van der Waals surface area contributed by atoms with Gasteiger partial charge >= 0.3 is 0 Å². The fraction of sp³-hybridized carbons (Fsp3) is 0.350. The highest BCUT2D eigenvalue weighted by atomic mass is 35.5.